The highest BCUT2D eigenvalue weighted by molar-refractivity contribution is 14.1. The maximum absolute atomic E-state index is 3.47. The van der Waals surface area contributed by atoms with Gasteiger partial charge in [-0.3, -0.25) is 0 Å². The van der Waals surface area contributed by atoms with E-state index in [-0.39, 0.29) is 0 Å². The SMILES string of the molecule is CCc1cc(C#C[Si](C)(C)C)c(CC)cc1I. The van der Waals surface area contributed by atoms with E-state index in [0.29, 0.717) is 0 Å². The number of hydrogen-bond donors (Lipinski definition) is 0. The molecular weight excluding hydrogens is 335 g/mol. The minimum atomic E-state index is -1.28. The van der Waals surface area contributed by atoms with Crippen molar-refractivity contribution in [1.82, 2.24) is 0 Å². The summed E-state index contributed by atoms with van der Waals surface area (Å²) in [7, 11) is -1.28. The van der Waals surface area contributed by atoms with E-state index in [0.717, 1.165) is 12.8 Å². The van der Waals surface area contributed by atoms with Crippen LogP contribution in [0.1, 0.15) is 30.5 Å². The number of halogens is 1. The van der Waals surface area contributed by atoms with E-state index >= 15 is 0 Å². The number of hydrogen-bond acceptors (Lipinski definition) is 0. The normalized spacial score (nSPS) is 10.9. The molecule has 0 amide bonds. The monoisotopic (exact) mass is 356 g/mol. The van der Waals surface area contributed by atoms with Crippen LogP contribution in [0.2, 0.25) is 19.6 Å². The Morgan fingerprint density at radius 3 is 2.12 bits per heavy atom. The quantitative estimate of drug-likeness (QED) is 0.411. The van der Waals surface area contributed by atoms with Gasteiger partial charge < -0.3 is 0 Å². The number of rotatable bonds is 2. The Morgan fingerprint density at radius 1 is 1.06 bits per heavy atom. The Balaban J connectivity index is 3.25. The fourth-order valence-electron chi connectivity index (χ4n) is 1.59. The van der Waals surface area contributed by atoms with Gasteiger partial charge >= 0.3 is 0 Å². The molecule has 0 aliphatic carbocycles. The number of aryl methyl sites for hydroxylation is 2. The third kappa shape index (κ3) is 4.48. The first-order valence-electron chi connectivity index (χ1n) is 6.22. The van der Waals surface area contributed by atoms with Crippen LogP contribution in [0.4, 0.5) is 0 Å². The van der Waals surface area contributed by atoms with Crippen LogP contribution in [0.25, 0.3) is 0 Å². The molecule has 0 atom stereocenters. The molecule has 0 N–H and O–H groups in total. The summed E-state index contributed by atoms with van der Waals surface area (Å²) in [5.41, 5.74) is 7.52. The average molecular weight is 356 g/mol. The van der Waals surface area contributed by atoms with Crippen LogP contribution < -0.4 is 0 Å². The summed E-state index contributed by atoms with van der Waals surface area (Å²) in [6.07, 6.45) is 2.15. The molecule has 0 heterocycles. The lowest BCUT2D eigenvalue weighted by atomic mass is 10.0. The standard InChI is InChI=1S/C15H21ISi/c1-6-12-11-15(16)13(7-2)10-14(12)8-9-17(3,4)5/h10-11H,6-7H2,1-5H3. The largest absolute Gasteiger partial charge is 0.129 e. The summed E-state index contributed by atoms with van der Waals surface area (Å²) >= 11 is 2.43. The van der Waals surface area contributed by atoms with E-state index in [1.807, 2.05) is 0 Å². The maximum atomic E-state index is 3.47. The van der Waals surface area contributed by atoms with Crippen molar-refractivity contribution in [2.75, 3.05) is 0 Å². The van der Waals surface area contributed by atoms with Gasteiger partial charge in [-0.2, -0.15) is 0 Å². The highest BCUT2D eigenvalue weighted by atomic mass is 127. The van der Waals surface area contributed by atoms with Crippen molar-refractivity contribution >= 4 is 30.7 Å². The third-order valence-electron chi connectivity index (χ3n) is 2.61. The molecule has 0 aliphatic rings. The smallest absolute Gasteiger partial charge is 0.127 e. The summed E-state index contributed by atoms with van der Waals surface area (Å²) in [4.78, 5) is 0. The molecule has 1 aromatic carbocycles. The second-order valence-electron chi connectivity index (χ2n) is 5.31. The van der Waals surface area contributed by atoms with Gasteiger partial charge in [0.2, 0.25) is 0 Å². The third-order valence-corrected chi connectivity index (χ3v) is 4.49. The van der Waals surface area contributed by atoms with Gasteiger partial charge in [0.15, 0.2) is 0 Å². The van der Waals surface area contributed by atoms with Gasteiger partial charge in [0.1, 0.15) is 8.07 Å². The highest BCUT2D eigenvalue weighted by Gasteiger charge is 2.09. The predicted octanol–water partition coefficient (Wildman–Crippen LogP) is 4.64. The molecule has 92 valence electrons. The highest BCUT2D eigenvalue weighted by Crippen LogP contribution is 2.20. The van der Waals surface area contributed by atoms with E-state index in [1.54, 1.807) is 0 Å². The van der Waals surface area contributed by atoms with Gasteiger partial charge in [-0.05, 0) is 58.7 Å². The summed E-state index contributed by atoms with van der Waals surface area (Å²) in [5, 5.41) is 0. The molecule has 0 fully saturated rings. The zero-order valence-electron chi connectivity index (χ0n) is 11.4. The minimum absolute atomic E-state index is 1.07. The first-order chi connectivity index (χ1) is 7.87. The van der Waals surface area contributed by atoms with Crippen LogP contribution in [0, 0.1) is 15.0 Å². The van der Waals surface area contributed by atoms with Gasteiger partial charge in [0.05, 0.1) is 0 Å². The summed E-state index contributed by atoms with van der Waals surface area (Å²) < 4.78 is 1.38. The molecule has 0 radical (unpaired) electrons. The fourth-order valence-corrected chi connectivity index (χ4v) is 3.02. The van der Waals surface area contributed by atoms with Crippen LogP contribution >= 0.6 is 22.6 Å². The molecule has 0 spiro atoms. The van der Waals surface area contributed by atoms with E-state index in [2.05, 4.69) is 79.7 Å². The molecule has 0 saturated carbocycles. The molecule has 0 nitrogen and oxygen atoms in total. The minimum Gasteiger partial charge on any atom is -0.127 e. The first kappa shape index (κ1) is 14.8. The molecule has 1 rings (SSSR count). The van der Waals surface area contributed by atoms with Crippen molar-refractivity contribution in [2.45, 2.75) is 46.3 Å². The number of benzene rings is 1. The van der Waals surface area contributed by atoms with Crippen LogP contribution in [-0.2, 0) is 12.8 Å². The average Bonchev–Trinajstić information content (AvgIpc) is 2.25. The van der Waals surface area contributed by atoms with Crippen LogP contribution in [0.3, 0.4) is 0 Å². The second kappa shape index (κ2) is 6.06. The molecule has 0 unspecified atom stereocenters. The van der Waals surface area contributed by atoms with Crippen molar-refractivity contribution in [3.05, 3.63) is 32.4 Å². The van der Waals surface area contributed by atoms with E-state index < -0.39 is 8.07 Å². The van der Waals surface area contributed by atoms with Gasteiger partial charge in [0.25, 0.3) is 0 Å². The van der Waals surface area contributed by atoms with E-state index in [9.17, 15) is 0 Å². The first-order valence-corrected chi connectivity index (χ1v) is 10.8. The van der Waals surface area contributed by atoms with Crippen LogP contribution in [0.5, 0.6) is 0 Å². The summed E-state index contributed by atoms with van der Waals surface area (Å²) in [5.74, 6) is 3.41. The molecular formula is C15H21ISi. The van der Waals surface area contributed by atoms with Gasteiger partial charge in [-0.15, -0.1) is 5.54 Å². The fraction of sp³-hybridized carbons (Fsp3) is 0.467. The lowest BCUT2D eigenvalue weighted by molar-refractivity contribution is 1.08. The Hall–Kier alpha value is -0.273. The van der Waals surface area contributed by atoms with Crippen LogP contribution in [-0.4, -0.2) is 8.07 Å². The summed E-state index contributed by atoms with van der Waals surface area (Å²) in [6, 6.07) is 4.58. The Bertz CT molecular complexity index is 458. The summed E-state index contributed by atoms with van der Waals surface area (Å²) in [6.45, 7) is 11.3. The molecule has 0 bridgehead atoms. The van der Waals surface area contributed by atoms with E-state index in [1.165, 1.54) is 20.3 Å². The van der Waals surface area contributed by atoms with Gasteiger partial charge in [-0.25, -0.2) is 0 Å². The second-order valence-corrected chi connectivity index (χ2v) is 11.2. The Labute approximate surface area is 120 Å². The molecule has 0 aliphatic heterocycles. The zero-order valence-corrected chi connectivity index (χ0v) is 14.6. The Kier molecular flexibility index (Phi) is 5.27. The molecule has 0 saturated heterocycles. The predicted molar refractivity (Wildman–Crippen MR) is 88.1 cm³/mol. The van der Waals surface area contributed by atoms with E-state index in [4.69, 9.17) is 0 Å². The van der Waals surface area contributed by atoms with Crippen LogP contribution in [0.15, 0.2) is 12.1 Å². The molecule has 0 aromatic heterocycles. The van der Waals surface area contributed by atoms with Crippen molar-refractivity contribution in [1.29, 1.82) is 0 Å². The maximum Gasteiger partial charge on any atom is 0.129 e. The molecule has 17 heavy (non-hydrogen) atoms. The zero-order chi connectivity index (χ0) is 13.1. The van der Waals surface area contributed by atoms with Gasteiger partial charge in [-0.1, -0.05) is 39.4 Å². The van der Waals surface area contributed by atoms with Crippen molar-refractivity contribution in [3.63, 3.8) is 0 Å². The van der Waals surface area contributed by atoms with Gasteiger partial charge in [0, 0.05) is 9.13 Å². The molecule has 2 heteroatoms. The van der Waals surface area contributed by atoms with Crippen molar-refractivity contribution in [2.24, 2.45) is 0 Å². The molecule has 1 aromatic rings. The van der Waals surface area contributed by atoms with Crippen molar-refractivity contribution in [3.8, 4) is 11.5 Å². The van der Waals surface area contributed by atoms with Crippen molar-refractivity contribution < 1.29 is 0 Å². The lowest BCUT2D eigenvalue weighted by Gasteiger charge is -2.09. The topological polar surface area (TPSA) is 0 Å². The lowest BCUT2D eigenvalue weighted by Crippen LogP contribution is -2.16. The Morgan fingerprint density at radius 2 is 1.65 bits per heavy atom.